The minimum absolute atomic E-state index is 0.0478. The summed E-state index contributed by atoms with van der Waals surface area (Å²) in [4.78, 5) is 2.53. The Hall–Kier alpha value is -0.120. The molecular weight excluding hydrogens is 248 g/mol. The molecule has 0 aliphatic heterocycles. The monoisotopic (exact) mass is 282 g/mol. The van der Waals surface area contributed by atoms with Gasteiger partial charge in [-0.05, 0) is 70.4 Å². The zero-order valence-corrected chi connectivity index (χ0v) is 13.7. The molecule has 2 N–H and O–H groups in total. The first-order chi connectivity index (χ1) is 9.61. The first-order valence-corrected chi connectivity index (χ1v) is 8.67. The molecule has 0 bridgehead atoms. The Kier molecular flexibility index (Phi) is 5.88. The van der Waals surface area contributed by atoms with Crippen molar-refractivity contribution in [3.8, 4) is 0 Å². The SMILES string of the molecule is CCCNC(CO)(CN(C)C1CCC(C)CC1)C1CC1. The Morgan fingerprint density at radius 1 is 1.15 bits per heavy atom. The van der Waals surface area contributed by atoms with Crippen LogP contribution < -0.4 is 5.32 Å². The summed E-state index contributed by atoms with van der Waals surface area (Å²) in [5.74, 6) is 1.59. The molecule has 0 aromatic rings. The molecule has 0 radical (unpaired) electrons. The van der Waals surface area contributed by atoms with Crippen molar-refractivity contribution >= 4 is 0 Å². The topological polar surface area (TPSA) is 35.5 Å². The lowest BCUT2D eigenvalue weighted by atomic mass is 9.85. The third-order valence-electron chi connectivity index (χ3n) is 5.51. The molecule has 0 aromatic carbocycles. The Morgan fingerprint density at radius 3 is 2.30 bits per heavy atom. The Balaban J connectivity index is 1.92. The van der Waals surface area contributed by atoms with Crippen molar-refractivity contribution < 1.29 is 5.11 Å². The van der Waals surface area contributed by atoms with Gasteiger partial charge in [0.1, 0.15) is 0 Å². The second-order valence-electron chi connectivity index (χ2n) is 7.34. The minimum atomic E-state index is -0.0478. The predicted molar refractivity (Wildman–Crippen MR) is 84.9 cm³/mol. The average molecular weight is 282 g/mol. The molecule has 20 heavy (non-hydrogen) atoms. The number of rotatable bonds is 8. The number of hydrogen-bond donors (Lipinski definition) is 2. The van der Waals surface area contributed by atoms with Gasteiger partial charge in [0.2, 0.25) is 0 Å². The molecule has 2 saturated carbocycles. The van der Waals surface area contributed by atoms with E-state index in [4.69, 9.17) is 0 Å². The van der Waals surface area contributed by atoms with Gasteiger partial charge < -0.3 is 15.3 Å². The van der Waals surface area contributed by atoms with Gasteiger partial charge in [-0.25, -0.2) is 0 Å². The van der Waals surface area contributed by atoms with Gasteiger partial charge in [-0.2, -0.15) is 0 Å². The van der Waals surface area contributed by atoms with Crippen LogP contribution in [0.5, 0.6) is 0 Å². The second-order valence-corrected chi connectivity index (χ2v) is 7.34. The summed E-state index contributed by atoms with van der Waals surface area (Å²) in [6.07, 6.45) is 9.11. The summed E-state index contributed by atoms with van der Waals surface area (Å²) in [5.41, 5.74) is -0.0478. The molecule has 0 aromatic heterocycles. The van der Waals surface area contributed by atoms with E-state index in [0.29, 0.717) is 5.92 Å². The lowest BCUT2D eigenvalue weighted by molar-refractivity contribution is 0.0700. The fourth-order valence-electron chi connectivity index (χ4n) is 3.83. The summed E-state index contributed by atoms with van der Waals surface area (Å²) in [6.45, 7) is 6.89. The molecule has 2 rings (SSSR count). The van der Waals surface area contributed by atoms with E-state index in [1.54, 1.807) is 0 Å². The van der Waals surface area contributed by atoms with Gasteiger partial charge in [0.05, 0.1) is 12.1 Å². The Morgan fingerprint density at radius 2 is 1.80 bits per heavy atom. The van der Waals surface area contributed by atoms with E-state index >= 15 is 0 Å². The van der Waals surface area contributed by atoms with Crippen molar-refractivity contribution in [3.63, 3.8) is 0 Å². The van der Waals surface area contributed by atoms with Gasteiger partial charge in [-0.15, -0.1) is 0 Å². The highest BCUT2D eigenvalue weighted by Crippen LogP contribution is 2.40. The van der Waals surface area contributed by atoms with E-state index < -0.39 is 0 Å². The van der Waals surface area contributed by atoms with E-state index in [-0.39, 0.29) is 12.1 Å². The van der Waals surface area contributed by atoms with Gasteiger partial charge in [0, 0.05) is 12.6 Å². The van der Waals surface area contributed by atoms with Crippen LogP contribution in [0.25, 0.3) is 0 Å². The van der Waals surface area contributed by atoms with Crippen LogP contribution in [0.3, 0.4) is 0 Å². The van der Waals surface area contributed by atoms with Crippen molar-refractivity contribution in [2.45, 2.75) is 70.4 Å². The van der Waals surface area contributed by atoms with Crippen LogP contribution in [0, 0.1) is 11.8 Å². The fourth-order valence-corrected chi connectivity index (χ4v) is 3.83. The van der Waals surface area contributed by atoms with Crippen LogP contribution in [0.4, 0.5) is 0 Å². The molecule has 1 unspecified atom stereocenters. The number of hydrogen-bond acceptors (Lipinski definition) is 3. The van der Waals surface area contributed by atoms with Crippen molar-refractivity contribution in [1.29, 1.82) is 0 Å². The summed E-state index contributed by atoms with van der Waals surface area (Å²) in [7, 11) is 2.26. The number of aliphatic hydroxyl groups is 1. The van der Waals surface area contributed by atoms with Crippen LogP contribution in [0.2, 0.25) is 0 Å². The van der Waals surface area contributed by atoms with Crippen LogP contribution in [-0.4, -0.2) is 48.3 Å². The van der Waals surface area contributed by atoms with Gasteiger partial charge >= 0.3 is 0 Å². The normalized spacial score (nSPS) is 30.4. The van der Waals surface area contributed by atoms with Crippen LogP contribution in [-0.2, 0) is 0 Å². The third kappa shape index (κ3) is 3.96. The molecule has 0 saturated heterocycles. The molecule has 3 nitrogen and oxygen atoms in total. The molecule has 1 atom stereocenters. The van der Waals surface area contributed by atoms with Crippen LogP contribution in [0.15, 0.2) is 0 Å². The highest BCUT2D eigenvalue weighted by molar-refractivity contribution is 5.03. The molecule has 0 heterocycles. The standard InChI is InChI=1S/C17H34N2O/c1-4-11-18-17(13-20,15-7-8-15)12-19(3)16-9-5-14(2)6-10-16/h14-16,18,20H,4-13H2,1-3H3. The number of aliphatic hydroxyl groups excluding tert-OH is 1. The molecule has 0 amide bonds. The average Bonchev–Trinajstić information content (AvgIpc) is 3.29. The second kappa shape index (κ2) is 7.24. The molecule has 2 aliphatic carbocycles. The summed E-state index contributed by atoms with van der Waals surface area (Å²) in [5, 5.41) is 13.7. The maximum Gasteiger partial charge on any atom is 0.0628 e. The quantitative estimate of drug-likeness (QED) is 0.718. The molecule has 0 spiro atoms. The van der Waals surface area contributed by atoms with Gasteiger partial charge in [0.15, 0.2) is 0 Å². The lowest BCUT2D eigenvalue weighted by Crippen LogP contribution is -2.59. The number of nitrogens with zero attached hydrogens (tertiary/aromatic N) is 1. The van der Waals surface area contributed by atoms with E-state index in [1.807, 2.05) is 0 Å². The molecule has 118 valence electrons. The highest BCUT2D eigenvalue weighted by atomic mass is 16.3. The third-order valence-corrected chi connectivity index (χ3v) is 5.51. The molecule has 2 fully saturated rings. The van der Waals surface area contributed by atoms with E-state index in [0.717, 1.165) is 31.5 Å². The predicted octanol–water partition coefficient (Wildman–Crippen LogP) is 2.64. The zero-order valence-electron chi connectivity index (χ0n) is 13.7. The molecular formula is C17H34N2O. The Labute approximate surface area is 125 Å². The van der Waals surface area contributed by atoms with Crippen molar-refractivity contribution in [1.82, 2.24) is 10.2 Å². The summed E-state index contributed by atoms with van der Waals surface area (Å²) in [6, 6.07) is 0.722. The molecule has 3 heteroatoms. The maximum absolute atomic E-state index is 10.0. The van der Waals surface area contributed by atoms with Crippen molar-refractivity contribution in [2.75, 3.05) is 26.7 Å². The number of nitrogens with one attached hydrogen (secondary N) is 1. The minimum Gasteiger partial charge on any atom is -0.394 e. The van der Waals surface area contributed by atoms with Gasteiger partial charge in [-0.3, -0.25) is 0 Å². The number of likely N-dealkylation sites (N-methyl/N-ethyl adjacent to an activating group) is 1. The lowest BCUT2D eigenvalue weighted by Gasteiger charge is -2.41. The van der Waals surface area contributed by atoms with Crippen molar-refractivity contribution in [2.24, 2.45) is 11.8 Å². The van der Waals surface area contributed by atoms with Crippen molar-refractivity contribution in [3.05, 3.63) is 0 Å². The van der Waals surface area contributed by atoms with Crippen LogP contribution in [0.1, 0.15) is 58.8 Å². The first kappa shape index (κ1) is 16.3. The van der Waals surface area contributed by atoms with E-state index in [9.17, 15) is 5.11 Å². The Bertz CT molecular complexity index is 285. The largest absolute Gasteiger partial charge is 0.394 e. The zero-order chi connectivity index (χ0) is 14.6. The fraction of sp³-hybridized carbons (Fsp3) is 1.00. The van der Waals surface area contributed by atoms with Gasteiger partial charge in [0.25, 0.3) is 0 Å². The smallest absolute Gasteiger partial charge is 0.0628 e. The maximum atomic E-state index is 10.0. The highest BCUT2D eigenvalue weighted by Gasteiger charge is 2.45. The van der Waals surface area contributed by atoms with Gasteiger partial charge in [-0.1, -0.05) is 13.8 Å². The summed E-state index contributed by atoms with van der Waals surface area (Å²) >= 11 is 0. The molecule has 2 aliphatic rings. The van der Waals surface area contributed by atoms with E-state index in [2.05, 4.69) is 31.1 Å². The first-order valence-electron chi connectivity index (χ1n) is 8.67. The summed E-state index contributed by atoms with van der Waals surface area (Å²) < 4.78 is 0. The van der Waals surface area contributed by atoms with Crippen LogP contribution >= 0.6 is 0 Å². The van der Waals surface area contributed by atoms with E-state index in [1.165, 1.54) is 38.5 Å².